The van der Waals surface area contributed by atoms with Gasteiger partial charge in [0.1, 0.15) is 17.9 Å². The van der Waals surface area contributed by atoms with Crippen molar-refractivity contribution in [3.63, 3.8) is 0 Å². The third-order valence-corrected chi connectivity index (χ3v) is 17.1. The number of carbonyl (C=O) groups is 5. The molecule has 0 unspecified atom stereocenters. The van der Waals surface area contributed by atoms with Crippen molar-refractivity contribution in [1.29, 1.82) is 0 Å². The van der Waals surface area contributed by atoms with Crippen LogP contribution in [-0.4, -0.2) is 128 Å². The number of nitrogen functional groups attached to an aromatic ring is 1. The number of carbonyl (C=O) groups excluding carboxylic acids is 5. The van der Waals surface area contributed by atoms with E-state index in [-0.39, 0.29) is 90.5 Å². The molecule has 82 heavy (non-hydrogen) atoms. The predicted octanol–water partition coefficient (Wildman–Crippen LogP) is 10.4. The summed E-state index contributed by atoms with van der Waals surface area (Å²) in [6.45, 7) is 14.6. The van der Waals surface area contributed by atoms with E-state index < -0.39 is 35.3 Å². The Bertz CT molecular complexity index is 2970. The molecule has 21 heteroatoms. The van der Waals surface area contributed by atoms with Gasteiger partial charge in [-0.15, -0.1) is 21.5 Å². The van der Waals surface area contributed by atoms with E-state index in [0.717, 1.165) is 73.2 Å². The molecule has 2 aliphatic heterocycles. The van der Waals surface area contributed by atoms with Gasteiger partial charge in [-0.25, -0.2) is 9.37 Å². The Morgan fingerprint density at radius 2 is 1.51 bits per heavy atom. The van der Waals surface area contributed by atoms with E-state index in [1.54, 1.807) is 35.6 Å². The van der Waals surface area contributed by atoms with Crippen molar-refractivity contribution in [1.82, 2.24) is 40.5 Å². The van der Waals surface area contributed by atoms with Crippen LogP contribution in [0.25, 0.3) is 10.4 Å². The van der Waals surface area contributed by atoms with Crippen molar-refractivity contribution in [2.75, 3.05) is 43.8 Å². The number of nitrogens with two attached hydrogens (primary N) is 1. The minimum Gasteiger partial charge on any atom is -0.489 e. The molecule has 5 atom stereocenters. The number of anilines is 2. The number of rotatable bonds is 26. The van der Waals surface area contributed by atoms with Crippen LogP contribution in [0.4, 0.5) is 15.9 Å². The van der Waals surface area contributed by atoms with E-state index in [0.29, 0.717) is 41.3 Å². The molecule has 0 aliphatic carbocycles. The molecule has 442 valence electrons. The third kappa shape index (κ3) is 17.4. The minimum atomic E-state index is -0.852. The van der Waals surface area contributed by atoms with Crippen molar-refractivity contribution in [2.45, 2.75) is 162 Å². The summed E-state index contributed by atoms with van der Waals surface area (Å²) in [7, 11) is 0. The number of benzene rings is 3. The smallest absolute Gasteiger partial charge is 0.276 e. The lowest BCUT2D eigenvalue weighted by Crippen LogP contribution is -2.58. The number of aliphatic hydroxyl groups excluding tert-OH is 1. The van der Waals surface area contributed by atoms with Crippen LogP contribution in [0.2, 0.25) is 10.0 Å². The lowest BCUT2D eigenvalue weighted by molar-refractivity contribution is -0.144. The van der Waals surface area contributed by atoms with Crippen molar-refractivity contribution in [2.24, 2.45) is 5.41 Å². The highest BCUT2D eigenvalue weighted by atomic mass is 35.5. The molecule has 7 rings (SSSR count). The Hall–Kier alpha value is -6.25. The number of likely N-dealkylation sites (tertiary alicyclic amines) is 1. The SMILES string of the molecule is Cc1ncsc1-c1ccc(CNC(=O)[C@@H]2C[C@@H](O)CN2C(=O)[C@@H](NC(=O)CCCCCCCCCCCCN2[C@H](C)CN(C(=O)c3ccc(NC(=O)c4cc(OCCc5c(Cl)ccc(F)c5Cl)c(N)nn4)cc3)C[C@@H]2C)C(C)(C)C)cc1. The summed E-state index contributed by atoms with van der Waals surface area (Å²) in [6.07, 6.45) is 10.5. The summed E-state index contributed by atoms with van der Waals surface area (Å²) in [5, 5.41) is 27.3. The fraction of sp³-hybridized carbons (Fsp3) is 0.508. The first-order valence-electron chi connectivity index (χ1n) is 28.6. The number of amides is 5. The molecule has 2 aromatic heterocycles. The van der Waals surface area contributed by atoms with Crippen LogP contribution in [0.1, 0.15) is 149 Å². The lowest BCUT2D eigenvalue weighted by atomic mass is 9.85. The molecule has 0 spiro atoms. The third-order valence-electron chi connectivity index (χ3n) is 15.3. The van der Waals surface area contributed by atoms with E-state index in [1.807, 2.05) is 62.4 Å². The normalized spacial score (nSPS) is 17.8. The monoisotopic (exact) mass is 1180 g/mol. The predicted molar refractivity (Wildman–Crippen MR) is 320 cm³/mol. The highest BCUT2D eigenvalue weighted by molar-refractivity contribution is 7.13. The van der Waals surface area contributed by atoms with E-state index in [2.05, 4.69) is 49.9 Å². The molecule has 17 nitrogen and oxygen atoms in total. The van der Waals surface area contributed by atoms with Crippen LogP contribution in [0.3, 0.4) is 0 Å². The standard InChI is InChI=1S/C61H79Cl2FN10O7S/c1-38-34-72(59(79)43-22-24-44(25-23-43)68-57(77)49-32-51(56(65)71-70-49)81-30-28-46-47(62)26-27-48(64)53(46)63)35-39(2)73(38)29-16-14-12-10-8-7-9-11-13-15-17-52(76)69-55(61(4,5)6)60(80)74-36-45(75)31-50(74)58(78)66-33-41-18-20-42(21-19-41)54-40(3)67-37-82-54/h18-27,32,37-39,45,50,55,75H,7-17,28-31,33-36H2,1-6H3,(H2,65,71)(H,66,78)(H,68,77)(H,69,76)/t38-,39+,45-,50+,55-/m1/s1. The van der Waals surface area contributed by atoms with Gasteiger partial charge in [-0.1, -0.05) is 120 Å². The van der Waals surface area contributed by atoms with Gasteiger partial charge in [0.05, 0.1) is 33.8 Å². The zero-order chi connectivity index (χ0) is 59.1. The Morgan fingerprint density at radius 1 is 0.866 bits per heavy atom. The van der Waals surface area contributed by atoms with Gasteiger partial charge < -0.3 is 41.3 Å². The van der Waals surface area contributed by atoms with Gasteiger partial charge >= 0.3 is 0 Å². The fourth-order valence-corrected chi connectivity index (χ4v) is 12.1. The number of halogens is 3. The number of hydrogen-bond acceptors (Lipinski definition) is 13. The molecule has 0 saturated carbocycles. The first-order chi connectivity index (χ1) is 39.2. The van der Waals surface area contributed by atoms with Gasteiger partial charge in [0.15, 0.2) is 17.3 Å². The highest BCUT2D eigenvalue weighted by Crippen LogP contribution is 2.31. The number of hydrogen-bond donors (Lipinski definition) is 5. The average molecular weight is 1190 g/mol. The van der Waals surface area contributed by atoms with Gasteiger partial charge in [-0.05, 0) is 98.7 Å². The number of β-amino-alcohol motifs (C(OH)–C–C–N with tert-alkyl or cyclic N) is 1. The fourth-order valence-electron chi connectivity index (χ4n) is 10.7. The van der Waals surface area contributed by atoms with Crippen LogP contribution in [0.15, 0.2) is 72.2 Å². The summed E-state index contributed by atoms with van der Waals surface area (Å²) in [4.78, 5) is 78.8. The van der Waals surface area contributed by atoms with Crippen molar-refractivity contribution >= 4 is 75.6 Å². The molecule has 4 heterocycles. The number of ether oxygens (including phenoxy) is 1. The van der Waals surface area contributed by atoms with Crippen molar-refractivity contribution in [3.8, 4) is 16.2 Å². The van der Waals surface area contributed by atoms with Crippen LogP contribution >= 0.6 is 34.5 Å². The summed E-state index contributed by atoms with van der Waals surface area (Å²) >= 11 is 13.8. The molecule has 5 amide bonds. The topological polar surface area (TPSA) is 225 Å². The van der Waals surface area contributed by atoms with Crippen LogP contribution in [0, 0.1) is 18.2 Å². The number of unbranched alkanes of at least 4 members (excludes halogenated alkanes) is 9. The molecular weight excluding hydrogens is 1110 g/mol. The number of nitrogens with one attached hydrogen (secondary N) is 3. The van der Waals surface area contributed by atoms with Gasteiger partial charge in [0, 0.05) is 79.9 Å². The van der Waals surface area contributed by atoms with Gasteiger partial charge in [0.25, 0.3) is 11.8 Å². The molecular formula is C61H79Cl2FN10O7S. The van der Waals surface area contributed by atoms with Gasteiger partial charge in [-0.3, -0.25) is 28.9 Å². The Kier molecular flexibility index (Phi) is 23.0. The summed E-state index contributed by atoms with van der Waals surface area (Å²) in [5.41, 5.74) is 11.4. The van der Waals surface area contributed by atoms with E-state index in [4.69, 9.17) is 33.7 Å². The first-order valence-corrected chi connectivity index (χ1v) is 30.2. The molecule has 2 aliphatic rings. The highest BCUT2D eigenvalue weighted by Gasteiger charge is 2.44. The number of aryl methyl sites for hydroxylation is 1. The number of aromatic nitrogens is 3. The van der Waals surface area contributed by atoms with Gasteiger partial charge in [-0.2, -0.15) is 0 Å². The van der Waals surface area contributed by atoms with Crippen LogP contribution < -0.4 is 26.4 Å². The summed E-state index contributed by atoms with van der Waals surface area (Å²) < 4.78 is 19.7. The molecule has 2 saturated heterocycles. The van der Waals surface area contributed by atoms with E-state index in [1.165, 1.54) is 42.4 Å². The van der Waals surface area contributed by atoms with Crippen molar-refractivity contribution in [3.05, 3.63) is 116 Å². The summed E-state index contributed by atoms with van der Waals surface area (Å²) in [6, 6.07) is 17.3. The Labute approximate surface area is 495 Å². The largest absolute Gasteiger partial charge is 0.489 e. The van der Waals surface area contributed by atoms with Gasteiger partial charge in [0.2, 0.25) is 17.7 Å². The molecule has 3 aromatic carbocycles. The quantitative estimate of drug-likeness (QED) is 0.0258. The molecule has 5 aromatic rings. The maximum atomic E-state index is 14.1. The number of piperazine rings is 1. The lowest BCUT2D eigenvalue weighted by Gasteiger charge is -2.44. The van der Waals surface area contributed by atoms with Crippen LogP contribution in [0.5, 0.6) is 5.75 Å². The van der Waals surface area contributed by atoms with Crippen molar-refractivity contribution < 1.29 is 38.2 Å². The Balaban J connectivity index is 0.732. The number of aliphatic hydroxyl groups is 1. The van der Waals surface area contributed by atoms with E-state index >= 15 is 0 Å². The second-order valence-corrected chi connectivity index (χ2v) is 24.4. The minimum absolute atomic E-state index is 0.0297. The second-order valence-electron chi connectivity index (χ2n) is 22.8. The molecule has 0 radical (unpaired) electrons. The maximum Gasteiger partial charge on any atom is 0.276 e. The zero-order valence-electron chi connectivity index (χ0n) is 47.9. The maximum absolute atomic E-state index is 14.1. The van der Waals surface area contributed by atoms with E-state index in [9.17, 15) is 33.5 Å². The molecule has 0 bridgehead atoms. The van der Waals surface area contributed by atoms with Crippen LogP contribution in [-0.2, 0) is 27.3 Å². The molecule has 6 N–H and O–H groups in total. The second kappa shape index (κ2) is 29.8. The first kappa shape index (κ1) is 63.3. The number of nitrogens with zero attached hydrogens (tertiary/aromatic N) is 6. The summed E-state index contributed by atoms with van der Waals surface area (Å²) in [5.74, 6) is -2.02. The number of thiazole rings is 1. The zero-order valence-corrected chi connectivity index (χ0v) is 50.3. The average Bonchev–Trinajstić information content (AvgIpc) is 4.14. The molecule has 2 fully saturated rings. The Morgan fingerprint density at radius 3 is 2.15 bits per heavy atom.